The van der Waals surface area contributed by atoms with Crippen LogP contribution in [0.25, 0.3) is 0 Å². The van der Waals surface area contributed by atoms with E-state index in [1.807, 2.05) is 34.6 Å². The lowest BCUT2D eigenvalue weighted by molar-refractivity contribution is -0.138. The maximum Gasteiger partial charge on any atom is 0.148 e. The second-order valence-corrected chi connectivity index (χ2v) is 5.42. The van der Waals surface area contributed by atoms with Gasteiger partial charge in [0.25, 0.3) is 0 Å². The lowest BCUT2D eigenvalue weighted by atomic mass is 9.74. The third-order valence-corrected chi connectivity index (χ3v) is 2.80. The molecule has 0 bridgehead atoms. The fraction of sp³-hybridized carbons (Fsp3) is 0.867. The van der Waals surface area contributed by atoms with Crippen molar-refractivity contribution in [2.45, 2.75) is 68.2 Å². The highest BCUT2D eigenvalue weighted by Crippen LogP contribution is 2.30. The minimum atomic E-state index is -0.404. The van der Waals surface area contributed by atoms with Gasteiger partial charge in [-0.1, -0.05) is 48.5 Å². The molecule has 2 nitrogen and oxygen atoms in total. The van der Waals surface area contributed by atoms with Crippen LogP contribution in [0.15, 0.2) is 0 Å². The number of ketones is 2. The first kappa shape index (κ1) is 18.7. The van der Waals surface area contributed by atoms with Crippen molar-refractivity contribution in [1.82, 2.24) is 0 Å². The molecule has 0 fully saturated rings. The minimum Gasteiger partial charge on any atom is -0.299 e. The largest absolute Gasteiger partial charge is 0.299 e. The molecule has 0 aromatic rings. The second kappa shape index (κ2) is 8.43. The molecule has 1 unspecified atom stereocenters. The predicted molar refractivity (Wildman–Crippen MR) is 74.1 cm³/mol. The molecule has 0 amide bonds. The zero-order valence-electron chi connectivity index (χ0n) is 12.9. The number of hydrogen-bond acceptors (Lipinski definition) is 2. The molecule has 0 aromatic heterocycles. The molecule has 0 saturated heterocycles. The minimum absolute atomic E-state index is 0.000619. The molecule has 2 heteroatoms. The van der Waals surface area contributed by atoms with Gasteiger partial charge in [0.2, 0.25) is 0 Å². The van der Waals surface area contributed by atoms with Crippen LogP contribution in [0.5, 0.6) is 0 Å². The van der Waals surface area contributed by atoms with Gasteiger partial charge in [-0.25, -0.2) is 0 Å². The Morgan fingerprint density at radius 1 is 1.12 bits per heavy atom. The molecule has 0 heterocycles. The van der Waals surface area contributed by atoms with Crippen LogP contribution in [0, 0.1) is 17.3 Å². The van der Waals surface area contributed by atoms with Gasteiger partial charge < -0.3 is 0 Å². The zero-order chi connectivity index (χ0) is 14.2. The zero-order valence-corrected chi connectivity index (χ0v) is 12.9. The van der Waals surface area contributed by atoms with E-state index in [-0.39, 0.29) is 17.0 Å². The molecule has 0 aliphatic heterocycles. The lowest BCUT2D eigenvalue weighted by Crippen LogP contribution is -2.35. The third-order valence-electron chi connectivity index (χ3n) is 2.80. The topological polar surface area (TPSA) is 34.1 Å². The average molecular weight is 242 g/mol. The Morgan fingerprint density at radius 2 is 1.53 bits per heavy atom. The van der Waals surface area contributed by atoms with Gasteiger partial charge in [0.05, 0.1) is 5.92 Å². The van der Waals surface area contributed by atoms with E-state index in [0.29, 0.717) is 12.3 Å². The summed E-state index contributed by atoms with van der Waals surface area (Å²) in [5, 5.41) is 0. The molecule has 0 saturated carbocycles. The first-order valence-electron chi connectivity index (χ1n) is 6.77. The molecule has 1 atom stereocenters. The van der Waals surface area contributed by atoms with E-state index in [1.54, 1.807) is 0 Å². The summed E-state index contributed by atoms with van der Waals surface area (Å²) in [4.78, 5) is 23.5. The van der Waals surface area contributed by atoms with Crippen molar-refractivity contribution in [3.05, 3.63) is 0 Å². The molecule has 0 rings (SSSR count). The molecular weight excluding hydrogens is 212 g/mol. The second-order valence-electron chi connectivity index (χ2n) is 5.42. The fourth-order valence-corrected chi connectivity index (χ4v) is 2.25. The number of Topliss-reactive ketones (excluding diaryl/α,β-unsaturated/α-hetero) is 2. The third kappa shape index (κ3) is 6.60. The highest BCUT2D eigenvalue weighted by molar-refractivity contribution is 6.03. The van der Waals surface area contributed by atoms with Crippen LogP contribution >= 0.6 is 0 Å². The summed E-state index contributed by atoms with van der Waals surface area (Å²) < 4.78 is 0. The molecule has 102 valence electrons. The summed E-state index contributed by atoms with van der Waals surface area (Å²) in [6.07, 6.45) is 1.46. The summed E-state index contributed by atoms with van der Waals surface area (Å²) in [7, 11) is 0. The lowest BCUT2D eigenvalue weighted by Gasteiger charge is -2.28. The molecule has 0 aromatic carbocycles. The van der Waals surface area contributed by atoms with Crippen LogP contribution in [-0.4, -0.2) is 11.6 Å². The summed E-state index contributed by atoms with van der Waals surface area (Å²) in [6, 6.07) is 0. The highest BCUT2D eigenvalue weighted by Gasteiger charge is 2.35. The van der Waals surface area contributed by atoms with Crippen LogP contribution < -0.4 is 0 Å². The van der Waals surface area contributed by atoms with Gasteiger partial charge in [-0.05, 0) is 25.7 Å². The Bertz CT molecular complexity index is 239. The van der Waals surface area contributed by atoms with E-state index in [2.05, 4.69) is 13.8 Å². The summed E-state index contributed by atoms with van der Waals surface area (Å²) in [5.41, 5.74) is -0.374. The maximum atomic E-state index is 12.2. The smallest absolute Gasteiger partial charge is 0.148 e. The van der Waals surface area contributed by atoms with Gasteiger partial charge in [-0.15, -0.1) is 0 Å². The van der Waals surface area contributed by atoms with E-state index in [9.17, 15) is 9.59 Å². The van der Waals surface area contributed by atoms with Crippen molar-refractivity contribution in [3.63, 3.8) is 0 Å². The first-order valence-corrected chi connectivity index (χ1v) is 6.77. The van der Waals surface area contributed by atoms with Crippen molar-refractivity contribution in [2.24, 2.45) is 17.3 Å². The quantitative estimate of drug-likeness (QED) is 0.652. The number of carbonyl (C=O) groups is 2. The Hall–Kier alpha value is -0.660. The van der Waals surface area contributed by atoms with E-state index in [1.165, 1.54) is 6.92 Å². The molecular formula is C15H30O2. The van der Waals surface area contributed by atoms with Gasteiger partial charge in [0.1, 0.15) is 11.6 Å². The van der Waals surface area contributed by atoms with Crippen LogP contribution in [0.1, 0.15) is 68.2 Å². The molecule has 0 N–H and O–H groups in total. The van der Waals surface area contributed by atoms with E-state index in [4.69, 9.17) is 0 Å². The molecule has 17 heavy (non-hydrogen) atoms. The van der Waals surface area contributed by atoms with Crippen LogP contribution in [0.2, 0.25) is 0 Å². The van der Waals surface area contributed by atoms with E-state index in [0.717, 1.165) is 6.42 Å². The monoisotopic (exact) mass is 242 g/mol. The SMILES string of the molecule is CC.CCC(C(C)=O)C(=O)C(C)(C)CC(C)C. The molecule has 0 aliphatic carbocycles. The van der Waals surface area contributed by atoms with Gasteiger partial charge in [-0.3, -0.25) is 9.59 Å². The Morgan fingerprint density at radius 3 is 1.76 bits per heavy atom. The Labute approximate surface area is 107 Å². The summed E-state index contributed by atoms with van der Waals surface area (Å²) in [6.45, 7) is 15.5. The van der Waals surface area contributed by atoms with Crippen LogP contribution in [-0.2, 0) is 9.59 Å². The summed E-state index contributed by atoms with van der Waals surface area (Å²) >= 11 is 0. The Kier molecular flexibility index (Phi) is 9.28. The maximum absolute atomic E-state index is 12.2. The van der Waals surface area contributed by atoms with E-state index >= 15 is 0 Å². The molecule has 0 radical (unpaired) electrons. The number of carbonyl (C=O) groups excluding carboxylic acids is 2. The first-order chi connectivity index (χ1) is 7.72. The average Bonchev–Trinajstić information content (AvgIpc) is 2.19. The van der Waals surface area contributed by atoms with E-state index < -0.39 is 5.92 Å². The van der Waals surface area contributed by atoms with Crippen molar-refractivity contribution in [3.8, 4) is 0 Å². The van der Waals surface area contributed by atoms with Crippen molar-refractivity contribution < 1.29 is 9.59 Å². The van der Waals surface area contributed by atoms with Gasteiger partial charge in [0, 0.05) is 5.41 Å². The van der Waals surface area contributed by atoms with Crippen molar-refractivity contribution in [2.75, 3.05) is 0 Å². The number of hydrogen-bond donors (Lipinski definition) is 0. The predicted octanol–water partition coefficient (Wildman–Crippen LogP) is 4.27. The van der Waals surface area contributed by atoms with Gasteiger partial charge in [-0.2, -0.15) is 0 Å². The van der Waals surface area contributed by atoms with Crippen molar-refractivity contribution in [1.29, 1.82) is 0 Å². The standard InChI is InChI=1S/C13H24O2.C2H6/c1-7-11(10(4)14)12(15)13(5,6)8-9(2)3;1-2/h9,11H,7-8H2,1-6H3;1-2H3. The van der Waals surface area contributed by atoms with Crippen LogP contribution in [0.4, 0.5) is 0 Å². The van der Waals surface area contributed by atoms with Crippen LogP contribution in [0.3, 0.4) is 0 Å². The Balaban J connectivity index is 0. The van der Waals surface area contributed by atoms with Gasteiger partial charge in [0.15, 0.2) is 0 Å². The number of rotatable bonds is 6. The molecule has 0 aliphatic rings. The van der Waals surface area contributed by atoms with Crippen molar-refractivity contribution >= 4 is 11.6 Å². The fourth-order valence-electron chi connectivity index (χ4n) is 2.25. The highest BCUT2D eigenvalue weighted by atomic mass is 16.2. The normalized spacial score (nSPS) is 12.8. The molecule has 0 spiro atoms. The summed E-state index contributed by atoms with van der Waals surface area (Å²) in [5.74, 6) is 0.178. The van der Waals surface area contributed by atoms with Gasteiger partial charge >= 0.3 is 0 Å².